The molecule has 4 amide bonds. The first-order valence-electron chi connectivity index (χ1n) is 8.32. The number of aliphatic carboxylic acids is 1. The van der Waals surface area contributed by atoms with E-state index in [1.54, 1.807) is 13.8 Å². The number of imide groups is 1. The molecule has 0 bridgehead atoms. The van der Waals surface area contributed by atoms with Crippen LogP contribution in [-0.4, -0.2) is 51.4 Å². The third kappa shape index (κ3) is 4.04. The van der Waals surface area contributed by atoms with Crippen molar-refractivity contribution in [3.05, 3.63) is 0 Å². The number of nitrogens with zero attached hydrogens (tertiary/aromatic N) is 1. The molecule has 2 aliphatic rings. The Balaban J connectivity index is 1.84. The van der Waals surface area contributed by atoms with Crippen molar-refractivity contribution in [1.82, 2.24) is 15.5 Å². The fourth-order valence-corrected chi connectivity index (χ4v) is 3.33. The monoisotopic (exact) mass is 339 g/mol. The van der Waals surface area contributed by atoms with Crippen molar-refractivity contribution in [2.75, 3.05) is 6.54 Å². The summed E-state index contributed by atoms with van der Waals surface area (Å²) in [5.41, 5.74) is -1.41. The molecule has 1 saturated carbocycles. The van der Waals surface area contributed by atoms with Gasteiger partial charge in [0.1, 0.15) is 5.54 Å². The second-order valence-corrected chi connectivity index (χ2v) is 7.25. The van der Waals surface area contributed by atoms with E-state index in [0.29, 0.717) is 19.3 Å². The standard InChI is InChI=1S/C16H25N3O5/c1-15(2,9-5-12(21)22)17-11(20)6-10-19-13(23)16(18-14(19)24)7-3-4-8-16/h3-10H2,1-2H3,(H,17,20)(H,18,24)(H,21,22). The average Bonchev–Trinajstić information content (AvgIpc) is 3.02. The van der Waals surface area contributed by atoms with Crippen LogP contribution in [0.15, 0.2) is 0 Å². The lowest BCUT2D eigenvalue weighted by Crippen LogP contribution is -2.46. The van der Waals surface area contributed by atoms with Crippen molar-refractivity contribution in [2.45, 2.75) is 69.9 Å². The molecule has 0 aromatic rings. The van der Waals surface area contributed by atoms with Crippen LogP contribution in [0.4, 0.5) is 4.79 Å². The highest BCUT2D eigenvalue weighted by Crippen LogP contribution is 2.35. The van der Waals surface area contributed by atoms with E-state index in [4.69, 9.17) is 5.11 Å². The molecule has 134 valence electrons. The van der Waals surface area contributed by atoms with Crippen molar-refractivity contribution in [3.63, 3.8) is 0 Å². The van der Waals surface area contributed by atoms with Crippen LogP contribution in [0.2, 0.25) is 0 Å². The maximum absolute atomic E-state index is 12.5. The van der Waals surface area contributed by atoms with Gasteiger partial charge in [0.15, 0.2) is 0 Å². The summed E-state index contributed by atoms with van der Waals surface area (Å²) < 4.78 is 0. The van der Waals surface area contributed by atoms with Gasteiger partial charge in [-0.3, -0.25) is 19.3 Å². The molecule has 0 aromatic heterocycles. The summed E-state index contributed by atoms with van der Waals surface area (Å²) in [4.78, 5) is 48.3. The van der Waals surface area contributed by atoms with Crippen molar-refractivity contribution in [2.24, 2.45) is 0 Å². The smallest absolute Gasteiger partial charge is 0.325 e. The molecule has 2 fully saturated rings. The molecule has 0 aromatic carbocycles. The van der Waals surface area contributed by atoms with E-state index in [-0.39, 0.29) is 31.2 Å². The van der Waals surface area contributed by atoms with E-state index in [1.165, 1.54) is 0 Å². The molecule has 8 nitrogen and oxygen atoms in total. The van der Waals surface area contributed by atoms with Gasteiger partial charge in [0, 0.05) is 24.9 Å². The first-order valence-corrected chi connectivity index (χ1v) is 8.32. The van der Waals surface area contributed by atoms with Gasteiger partial charge in [-0.05, 0) is 33.1 Å². The Morgan fingerprint density at radius 3 is 2.46 bits per heavy atom. The predicted octanol–water partition coefficient (Wildman–Crippen LogP) is 1.00. The van der Waals surface area contributed by atoms with Gasteiger partial charge in [0.05, 0.1) is 0 Å². The minimum Gasteiger partial charge on any atom is -0.481 e. The SMILES string of the molecule is CC(C)(CCC(=O)O)NC(=O)CCN1C(=O)NC2(CCCC2)C1=O. The Morgan fingerprint density at radius 1 is 1.25 bits per heavy atom. The number of carboxylic acids is 1. The lowest BCUT2D eigenvalue weighted by Gasteiger charge is -2.26. The number of hydrogen-bond acceptors (Lipinski definition) is 4. The first kappa shape index (κ1) is 18.2. The maximum atomic E-state index is 12.5. The van der Waals surface area contributed by atoms with Crippen LogP contribution in [-0.2, 0) is 14.4 Å². The molecule has 0 unspecified atom stereocenters. The summed E-state index contributed by atoms with van der Waals surface area (Å²) in [5, 5.41) is 14.2. The molecule has 24 heavy (non-hydrogen) atoms. The van der Waals surface area contributed by atoms with Gasteiger partial charge in [-0.25, -0.2) is 4.79 Å². The summed E-state index contributed by atoms with van der Waals surface area (Å²) in [6.07, 6.45) is 3.41. The highest BCUT2D eigenvalue weighted by molar-refractivity contribution is 6.07. The van der Waals surface area contributed by atoms with E-state index in [9.17, 15) is 19.2 Å². The van der Waals surface area contributed by atoms with Crippen LogP contribution in [0.5, 0.6) is 0 Å². The Labute approximate surface area is 141 Å². The van der Waals surface area contributed by atoms with Gasteiger partial charge in [0.25, 0.3) is 5.91 Å². The highest BCUT2D eigenvalue weighted by Gasteiger charge is 2.52. The molecule has 8 heteroatoms. The number of carbonyl (C=O) groups is 4. The molecule has 1 saturated heterocycles. The summed E-state index contributed by atoms with van der Waals surface area (Å²) in [6.45, 7) is 3.53. The number of amides is 4. The van der Waals surface area contributed by atoms with Gasteiger partial charge in [-0.15, -0.1) is 0 Å². The van der Waals surface area contributed by atoms with E-state index >= 15 is 0 Å². The fourth-order valence-electron chi connectivity index (χ4n) is 3.33. The third-order valence-electron chi connectivity index (χ3n) is 4.71. The molecule has 1 heterocycles. The van der Waals surface area contributed by atoms with E-state index < -0.39 is 23.1 Å². The minimum absolute atomic E-state index is 0.00570. The lowest BCUT2D eigenvalue weighted by molar-refractivity contribution is -0.138. The summed E-state index contributed by atoms with van der Waals surface area (Å²) in [5.74, 6) is -1.46. The van der Waals surface area contributed by atoms with E-state index in [0.717, 1.165) is 17.7 Å². The molecular formula is C16H25N3O5. The number of carboxylic acid groups (broad SMARTS) is 1. The van der Waals surface area contributed by atoms with Crippen molar-refractivity contribution >= 4 is 23.8 Å². The lowest BCUT2D eigenvalue weighted by atomic mass is 9.97. The maximum Gasteiger partial charge on any atom is 0.325 e. The van der Waals surface area contributed by atoms with Gasteiger partial charge >= 0.3 is 12.0 Å². The molecule has 2 rings (SSSR count). The zero-order chi connectivity index (χ0) is 18.0. The number of urea groups is 1. The molecule has 0 radical (unpaired) electrons. The molecular weight excluding hydrogens is 314 g/mol. The molecule has 1 aliphatic carbocycles. The second kappa shape index (κ2) is 6.78. The molecule has 1 spiro atoms. The quantitative estimate of drug-likeness (QED) is 0.598. The zero-order valence-electron chi connectivity index (χ0n) is 14.2. The van der Waals surface area contributed by atoms with Gasteiger partial charge < -0.3 is 15.7 Å². The molecule has 1 aliphatic heterocycles. The highest BCUT2D eigenvalue weighted by atomic mass is 16.4. The van der Waals surface area contributed by atoms with Crippen molar-refractivity contribution < 1.29 is 24.3 Å². The number of carbonyl (C=O) groups excluding carboxylic acids is 3. The summed E-state index contributed by atoms with van der Waals surface area (Å²) in [7, 11) is 0. The summed E-state index contributed by atoms with van der Waals surface area (Å²) >= 11 is 0. The normalized spacial score (nSPS) is 19.7. The van der Waals surface area contributed by atoms with Gasteiger partial charge in [-0.1, -0.05) is 12.8 Å². The van der Waals surface area contributed by atoms with Crippen LogP contribution in [0, 0.1) is 0 Å². The number of hydrogen-bond donors (Lipinski definition) is 3. The Morgan fingerprint density at radius 2 is 1.88 bits per heavy atom. The van der Waals surface area contributed by atoms with Crippen LogP contribution < -0.4 is 10.6 Å². The topological polar surface area (TPSA) is 116 Å². The molecule has 0 atom stereocenters. The van der Waals surface area contributed by atoms with Crippen LogP contribution in [0.3, 0.4) is 0 Å². The zero-order valence-corrected chi connectivity index (χ0v) is 14.2. The van der Waals surface area contributed by atoms with Gasteiger partial charge in [0.2, 0.25) is 5.91 Å². The van der Waals surface area contributed by atoms with E-state index in [2.05, 4.69) is 10.6 Å². The third-order valence-corrected chi connectivity index (χ3v) is 4.71. The second-order valence-electron chi connectivity index (χ2n) is 7.25. The van der Waals surface area contributed by atoms with Crippen LogP contribution >= 0.6 is 0 Å². The Kier molecular flexibility index (Phi) is 5.15. The van der Waals surface area contributed by atoms with Crippen molar-refractivity contribution in [1.29, 1.82) is 0 Å². The minimum atomic E-state index is -0.918. The average molecular weight is 339 g/mol. The van der Waals surface area contributed by atoms with E-state index in [1.807, 2.05) is 0 Å². The first-order chi connectivity index (χ1) is 11.2. The van der Waals surface area contributed by atoms with Gasteiger partial charge in [-0.2, -0.15) is 0 Å². The van der Waals surface area contributed by atoms with Crippen molar-refractivity contribution in [3.8, 4) is 0 Å². The fraction of sp³-hybridized carbons (Fsp3) is 0.750. The Hall–Kier alpha value is -2.12. The van der Waals surface area contributed by atoms with Crippen LogP contribution in [0.25, 0.3) is 0 Å². The number of nitrogens with one attached hydrogen (secondary N) is 2. The number of rotatable bonds is 7. The largest absolute Gasteiger partial charge is 0.481 e. The van der Waals surface area contributed by atoms with Crippen LogP contribution in [0.1, 0.15) is 58.8 Å². The predicted molar refractivity (Wildman–Crippen MR) is 85.2 cm³/mol. The Bertz CT molecular complexity index is 552. The molecule has 3 N–H and O–H groups in total. The summed E-state index contributed by atoms with van der Waals surface area (Å²) in [6, 6.07) is -0.431.